The number of aromatic hydroxyl groups is 1. The van der Waals surface area contributed by atoms with Gasteiger partial charge in [0, 0.05) is 5.56 Å². The first kappa shape index (κ1) is 13.2. The minimum absolute atomic E-state index is 0.155. The molecule has 0 aliphatic rings. The van der Waals surface area contributed by atoms with Crippen LogP contribution in [0.3, 0.4) is 0 Å². The number of para-hydroxylation sites is 2. The van der Waals surface area contributed by atoms with Crippen LogP contribution in [0.5, 0.6) is 5.75 Å². The summed E-state index contributed by atoms with van der Waals surface area (Å²) in [5.74, 6) is 6.38. The first-order valence-corrected chi connectivity index (χ1v) is 6.74. The van der Waals surface area contributed by atoms with Gasteiger partial charge in [-0.25, -0.2) is 5.84 Å². The number of phenols is 1. The number of nitrogens with zero attached hydrogens (tertiary/aromatic N) is 1. The number of nitrogens with two attached hydrogens (primary N) is 1. The molecule has 0 amide bonds. The molecule has 0 aliphatic carbocycles. The lowest BCUT2D eigenvalue weighted by atomic mass is 10.0. The van der Waals surface area contributed by atoms with Crippen molar-refractivity contribution in [1.29, 1.82) is 0 Å². The van der Waals surface area contributed by atoms with Crippen molar-refractivity contribution >= 4 is 11.4 Å². The van der Waals surface area contributed by atoms with Crippen LogP contribution in [0.2, 0.25) is 0 Å². The van der Waals surface area contributed by atoms with Crippen LogP contribution in [0.25, 0.3) is 11.1 Å². The predicted molar refractivity (Wildman–Crippen MR) is 86.3 cm³/mol. The second-order valence-electron chi connectivity index (χ2n) is 4.74. The van der Waals surface area contributed by atoms with E-state index in [4.69, 9.17) is 5.84 Å². The summed E-state index contributed by atoms with van der Waals surface area (Å²) in [6, 6.07) is 24.9. The van der Waals surface area contributed by atoms with Crippen molar-refractivity contribution in [2.75, 3.05) is 5.01 Å². The first-order valence-electron chi connectivity index (χ1n) is 6.74. The standard InChI is InChI=1S/C18H16N2O/c19-20(15-10-5-2-6-11-15)18-16(12-7-13-17(18)21)14-8-3-1-4-9-14/h1-13,21H,19H2. The average Bonchev–Trinajstić information content (AvgIpc) is 2.55. The van der Waals surface area contributed by atoms with Crippen molar-refractivity contribution in [2.24, 2.45) is 5.84 Å². The Kier molecular flexibility index (Phi) is 3.58. The topological polar surface area (TPSA) is 49.5 Å². The lowest BCUT2D eigenvalue weighted by Gasteiger charge is -2.23. The lowest BCUT2D eigenvalue weighted by molar-refractivity contribution is 0.476. The Morgan fingerprint density at radius 2 is 1.33 bits per heavy atom. The highest BCUT2D eigenvalue weighted by Crippen LogP contribution is 2.39. The molecule has 0 aromatic heterocycles. The number of hydrogen-bond donors (Lipinski definition) is 2. The third kappa shape index (κ3) is 2.59. The fourth-order valence-electron chi connectivity index (χ4n) is 2.35. The minimum Gasteiger partial charge on any atom is -0.506 e. The van der Waals surface area contributed by atoms with Gasteiger partial charge in [0.15, 0.2) is 0 Å². The highest BCUT2D eigenvalue weighted by molar-refractivity contribution is 5.85. The van der Waals surface area contributed by atoms with Gasteiger partial charge in [-0.05, 0) is 23.8 Å². The molecule has 21 heavy (non-hydrogen) atoms. The molecule has 0 aliphatic heterocycles. The third-order valence-electron chi connectivity index (χ3n) is 3.37. The van der Waals surface area contributed by atoms with Gasteiger partial charge in [0.25, 0.3) is 0 Å². The zero-order chi connectivity index (χ0) is 14.7. The quantitative estimate of drug-likeness (QED) is 0.560. The van der Waals surface area contributed by atoms with Gasteiger partial charge in [-0.1, -0.05) is 60.7 Å². The van der Waals surface area contributed by atoms with E-state index in [2.05, 4.69) is 0 Å². The Morgan fingerprint density at radius 3 is 2.00 bits per heavy atom. The number of anilines is 2. The molecule has 3 aromatic rings. The highest BCUT2D eigenvalue weighted by Gasteiger charge is 2.15. The van der Waals surface area contributed by atoms with Crippen molar-refractivity contribution in [3.8, 4) is 16.9 Å². The molecule has 3 heteroatoms. The van der Waals surface area contributed by atoms with Crippen LogP contribution in [-0.2, 0) is 0 Å². The van der Waals surface area contributed by atoms with Gasteiger partial charge in [-0.15, -0.1) is 0 Å². The predicted octanol–water partition coefficient (Wildman–Crippen LogP) is 4.07. The van der Waals surface area contributed by atoms with E-state index >= 15 is 0 Å². The fourth-order valence-corrected chi connectivity index (χ4v) is 2.35. The first-order chi connectivity index (χ1) is 10.3. The van der Waals surface area contributed by atoms with Gasteiger partial charge < -0.3 is 5.11 Å². The van der Waals surface area contributed by atoms with E-state index in [9.17, 15) is 5.11 Å². The molecule has 3 N–H and O–H groups in total. The van der Waals surface area contributed by atoms with Crippen LogP contribution in [-0.4, -0.2) is 5.11 Å². The van der Waals surface area contributed by atoms with Gasteiger partial charge in [0.05, 0.1) is 5.69 Å². The van der Waals surface area contributed by atoms with Crippen LogP contribution < -0.4 is 10.9 Å². The molecular formula is C18H16N2O. The zero-order valence-electron chi connectivity index (χ0n) is 11.5. The Balaban J connectivity index is 2.14. The van der Waals surface area contributed by atoms with Gasteiger partial charge in [0.2, 0.25) is 0 Å². The Labute approximate surface area is 123 Å². The monoisotopic (exact) mass is 276 g/mol. The molecule has 0 radical (unpaired) electrons. The number of benzene rings is 3. The number of hydrogen-bond acceptors (Lipinski definition) is 3. The van der Waals surface area contributed by atoms with E-state index in [-0.39, 0.29) is 5.75 Å². The summed E-state index contributed by atoms with van der Waals surface area (Å²) in [4.78, 5) is 0. The van der Waals surface area contributed by atoms with Gasteiger partial charge in [-0.2, -0.15) is 0 Å². The maximum absolute atomic E-state index is 10.3. The van der Waals surface area contributed by atoms with E-state index < -0.39 is 0 Å². The molecule has 3 rings (SSSR count). The third-order valence-corrected chi connectivity index (χ3v) is 3.37. The summed E-state index contributed by atoms with van der Waals surface area (Å²) in [5, 5.41) is 11.8. The summed E-state index contributed by atoms with van der Waals surface area (Å²) in [7, 11) is 0. The van der Waals surface area contributed by atoms with Crippen molar-refractivity contribution in [1.82, 2.24) is 0 Å². The molecule has 0 saturated heterocycles. The summed E-state index contributed by atoms with van der Waals surface area (Å²) in [5.41, 5.74) is 3.31. The van der Waals surface area contributed by atoms with Crippen molar-refractivity contribution in [3.63, 3.8) is 0 Å². The van der Waals surface area contributed by atoms with E-state index in [0.717, 1.165) is 16.8 Å². The van der Waals surface area contributed by atoms with E-state index in [1.54, 1.807) is 6.07 Å². The average molecular weight is 276 g/mol. The normalized spacial score (nSPS) is 10.3. The molecule has 0 atom stereocenters. The summed E-state index contributed by atoms with van der Waals surface area (Å²) in [6.45, 7) is 0. The Hall–Kier alpha value is -2.78. The van der Waals surface area contributed by atoms with Gasteiger partial charge >= 0.3 is 0 Å². The lowest BCUT2D eigenvalue weighted by Crippen LogP contribution is -2.25. The maximum atomic E-state index is 10.3. The number of phenolic OH excluding ortho intramolecular Hbond substituents is 1. The molecule has 3 nitrogen and oxygen atoms in total. The second kappa shape index (κ2) is 5.69. The van der Waals surface area contributed by atoms with E-state index in [0.29, 0.717) is 5.69 Å². The van der Waals surface area contributed by atoms with Crippen LogP contribution in [0.15, 0.2) is 78.9 Å². The summed E-state index contributed by atoms with van der Waals surface area (Å²) < 4.78 is 0. The smallest absolute Gasteiger partial charge is 0.141 e. The molecular weight excluding hydrogens is 260 g/mol. The molecule has 104 valence electrons. The largest absolute Gasteiger partial charge is 0.506 e. The van der Waals surface area contributed by atoms with Crippen LogP contribution in [0, 0.1) is 0 Å². The molecule has 0 bridgehead atoms. The molecule has 3 aromatic carbocycles. The SMILES string of the molecule is NN(c1ccccc1)c1c(O)cccc1-c1ccccc1. The minimum atomic E-state index is 0.155. The fraction of sp³-hybridized carbons (Fsp3) is 0. The zero-order valence-corrected chi connectivity index (χ0v) is 11.5. The maximum Gasteiger partial charge on any atom is 0.141 e. The molecule has 0 saturated carbocycles. The van der Waals surface area contributed by atoms with E-state index in [1.807, 2.05) is 72.8 Å². The van der Waals surface area contributed by atoms with Crippen LogP contribution >= 0.6 is 0 Å². The van der Waals surface area contributed by atoms with Gasteiger partial charge in [-0.3, -0.25) is 5.01 Å². The van der Waals surface area contributed by atoms with E-state index in [1.165, 1.54) is 5.01 Å². The Morgan fingerprint density at radius 1 is 0.714 bits per heavy atom. The highest BCUT2D eigenvalue weighted by atomic mass is 16.3. The number of rotatable bonds is 3. The number of hydrazine groups is 1. The summed E-state index contributed by atoms with van der Waals surface area (Å²) in [6.07, 6.45) is 0. The molecule has 0 unspecified atom stereocenters. The van der Waals surface area contributed by atoms with Crippen molar-refractivity contribution in [2.45, 2.75) is 0 Å². The Bertz CT molecular complexity index is 727. The molecule has 0 fully saturated rings. The van der Waals surface area contributed by atoms with Crippen molar-refractivity contribution < 1.29 is 5.11 Å². The summed E-state index contributed by atoms with van der Waals surface area (Å²) >= 11 is 0. The second-order valence-corrected chi connectivity index (χ2v) is 4.74. The van der Waals surface area contributed by atoms with Crippen LogP contribution in [0.4, 0.5) is 11.4 Å². The van der Waals surface area contributed by atoms with Crippen molar-refractivity contribution in [3.05, 3.63) is 78.9 Å². The van der Waals surface area contributed by atoms with Crippen LogP contribution in [0.1, 0.15) is 0 Å². The molecule has 0 heterocycles. The molecule has 0 spiro atoms. The van der Waals surface area contributed by atoms with Gasteiger partial charge in [0.1, 0.15) is 11.4 Å².